The van der Waals surface area contributed by atoms with Gasteiger partial charge in [-0.25, -0.2) is 14.4 Å². The molecule has 2 bridgehead atoms. The molecular weight excluding hydrogens is 503 g/mol. The van der Waals surface area contributed by atoms with Crippen LogP contribution in [-0.2, 0) is 0 Å². The molecule has 2 aliphatic carbocycles. The number of nitrogens with zero attached hydrogens (tertiary/aromatic N) is 5. The lowest BCUT2D eigenvalue weighted by Crippen LogP contribution is -2.57. The molecule has 9 heteroatoms. The number of hydrogen-bond donors (Lipinski definition) is 2. The van der Waals surface area contributed by atoms with Gasteiger partial charge < -0.3 is 24.8 Å². The fraction of sp³-hybridized carbons (Fsp3) is 0.448. The van der Waals surface area contributed by atoms with Crippen molar-refractivity contribution in [3.05, 3.63) is 47.0 Å². The average Bonchev–Trinajstić information content (AvgIpc) is 3.22. The summed E-state index contributed by atoms with van der Waals surface area (Å²) in [6, 6.07) is 8.20. The van der Waals surface area contributed by atoms with Gasteiger partial charge in [-0.1, -0.05) is 17.7 Å². The lowest BCUT2D eigenvalue weighted by molar-refractivity contribution is 0.225. The quantitative estimate of drug-likeness (QED) is 0.381. The number of hydrogen-bond acceptors (Lipinski definition) is 6. The van der Waals surface area contributed by atoms with Crippen LogP contribution in [0.5, 0.6) is 5.75 Å². The molecule has 3 atom stereocenters. The number of rotatable bonds is 5. The molecule has 196 valence electrons. The molecule has 38 heavy (non-hydrogen) atoms. The number of halogens is 2. The molecule has 5 aliphatic rings. The normalized spacial score (nSPS) is 25.0. The van der Waals surface area contributed by atoms with Gasteiger partial charge in [0.1, 0.15) is 16.8 Å². The molecule has 7 nitrogen and oxygen atoms in total. The molecule has 5 heterocycles. The largest absolute Gasteiger partial charge is 0.508 e. The number of fused-ring (bicyclic) bond motifs is 4. The highest BCUT2D eigenvalue weighted by Gasteiger charge is 2.48. The Hall–Kier alpha value is -2.94. The van der Waals surface area contributed by atoms with E-state index in [1.807, 2.05) is 18.5 Å². The van der Waals surface area contributed by atoms with Crippen LogP contribution in [-0.4, -0.2) is 70.4 Å². The van der Waals surface area contributed by atoms with Crippen LogP contribution in [0.1, 0.15) is 36.8 Å². The van der Waals surface area contributed by atoms with E-state index in [1.165, 1.54) is 6.42 Å². The van der Waals surface area contributed by atoms with Gasteiger partial charge in [0.05, 0.1) is 17.9 Å². The van der Waals surface area contributed by atoms with E-state index < -0.39 is 0 Å². The van der Waals surface area contributed by atoms with Crippen molar-refractivity contribution in [3.8, 4) is 16.9 Å². The lowest BCUT2D eigenvalue weighted by Gasteiger charge is -2.43. The third kappa shape index (κ3) is 3.20. The first-order valence-electron chi connectivity index (χ1n) is 13.5. The Bertz CT molecular complexity index is 1610. The van der Waals surface area contributed by atoms with E-state index in [-0.39, 0.29) is 11.6 Å². The average molecular weight is 533 g/mol. The van der Waals surface area contributed by atoms with Crippen molar-refractivity contribution in [2.75, 3.05) is 38.6 Å². The van der Waals surface area contributed by atoms with Crippen LogP contribution in [0.3, 0.4) is 0 Å². The van der Waals surface area contributed by atoms with Crippen molar-refractivity contribution in [1.82, 2.24) is 24.8 Å². The zero-order valence-electron chi connectivity index (χ0n) is 21.5. The third-order valence-corrected chi connectivity index (χ3v) is 9.60. The van der Waals surface area contributed by atoms with E-state index >= 15 is 4.39 Å². The Balaban J connectivity index is 1.35. The number of aromatic hydroxyl groups is 1. The zero-order valence-corrected chi connectivity index (χ0v) is 22.2. The molecule has 3 aliphatic heterocycles. The topological polar surface area (TPSA) is 69.5 Å². The van der Waals surface area contributed by atoms with Crippen LogP contribution in [0, 0.1) is 11.7 Å². The molecule has 2 aromatic carbocycles. The second-order valence-corrected chi connectivity index (χ2v) is 12.2. The Morgan fingerprint density at radius 3 is 2.63 bits per heavy atom. The van der Waals surface area contributed by atoms with Crippen molar-refractivity contribution in [2.45, 2.75) is 43.3 Å². The maximum atomic E-state index is 16.6. The number of phenols is 1. The minimum absolute atomic E-state index is 0.0411. The van der Waals surface area contributed by atoms with Gasteiger partial charge in [-0.15, -0.1) is 0 Å². The summed E-state index contributed by atoms with van der Waals surface area (Å²) in [6.07, 6.45) is 5.15. The number of phenolic OH excluding ortho intramolecular Hbond substituents is 1. The fourth-order valence-electron chi connectivity index (χ4n) is 6.91. The Morgan fingerprint density at radius 2 is 1.95 bits per heavy atom. The van der Waals surface area contributed by atoms with Gasteiger partial charge in [0.25, 0.3) is 0 Å². The molecule has 2 N–H and O–H groups in total. The summed E-state index contributed by atoms with van der Waals surface area (Å²) in [5.74, 6) is 1.29. The third-order valence-electron chi connectivity index (χ3n) is 9.29. The standard InChI is InChI=1S/C29H30ClFN6O/c1-35(2)16-11-36(12-16)29-26-28(37(13-33-26)27-15-7-22(27)32-10-15)19-6-5-18(24(31)25(19)34-29)20-8-17(38)9-21(30)23(20)14-3-4-14/h5-6,8-9,13-16,22,27,32,38H,3-4,7,10-12H2,1-2H3. The molecule has 0 spiro atoms. The summed E-state index contributed by atoms with van der Waals surface area (Å²) in [5, 5.41) is 15.2. The van der Waals surface area contributed by atoms with Crippen LogP contribution < -0.4 is 10.2 Å². The van der Waals surface area contributed by atoms with E-state index in [2.05, 4.69) is 33.8 Å². The molecule has 2 saturated carbocycles. The number of anilines is 1. The fourth-order valence-corrected chi connectivity index (χ4v) is 7.28. The Kier molecular flexibility index (Phi) is 4.86. The first kappa shape index (κ1) is 23.0. The van der Waals surface area contributed by atoms with Crippen LogP contribution in [0.2, 0.25) is 5.02 Å². The number of benzene rings is 2. The number of nitrogens with one attached hydrogen (secondary N) is 1. The van der Waals surface area contributed by atoms with Crippen LogP contribution >= 0.6 is 11.6 Å². The summed E-state index contributed by atoms with van der Waals surface area (Å²) in [6.45, 7) is 2.68. The van der Waals surface area contributed by atoms with Gasteiger partial charge in [-0.05, 0) is 74.5 Å². The molecule has 3 saturated heterocycles. The monoisotopic (exact) mass is 532 g/mol. The predicted octanol–water partition coefficient (Wildman–Crippen LogP) is 4.91. The molecule has 2 aromatic heterocycles. The molecular formula is C29H30ClFN6O. The van der Waals surface area contributed by atoms with Gasteiger partial charge in [0.15, 0.2) is 11.6 Å². The maximum Gasteiger partial charge on any atom is 0.157 e. The highest BCUT2D eigenvalue weighted by molar-refractivity contribution is 6.32. The molecule has 3 unspecified atom stereocenters. The summed E-state index contributed by atoms with van der Waals surface area (Å²) in [5.41, 5.74) is 4.16. The number of imidazole rings is 1. The van der Waals surface area contributed by atoms with Crippen LogP contribution in [0.15, 0.2) is 30.6 Å². The van der Waals surface area contributed by atoms with Crippen molar-refractivity contribution in [2.24, 2.45) is 5.92 Å². The predicted molar refractivity (Wildman–Crippen MR) is 148 cm³/mol. The van der Waals surface area contributed by atoms with Gasteiger partial charge in [0.2, 0.25) is 0 Å². The number of aromatic nitrogens is 3. The first-order valence-corrected chi connectivity index (χ1v) is 13.9. The van der Waals surface area contributed by atoms with Crippen molar-refractivity contribution >= 4 is 39.4 Å². The number of pyridine rings is 1. The van der Waals surface area contributed by atoms with Gasteiger partial charge >= 0.3 is 0 Å². The van der Waals surface area contributed by atoms with Crippen LogP contribution in [0.25, 0.3) is 33.1 Å². The highest BCUT2D eigenvalue weighted by atomic mass is 35.5. The molecule has 9 rings (SSSR count). The van der Waals surface area contributed by atoms with Gasteiger partial charge in [0, 0.05) is 47.7 Å². The summed E-state index contributed by atoms with van der Waals surface area (Å²) in [7, 11) is 4.17. The first-order chi connectivity index (χ1) is 18.4. The van der Waals surface area contributed by atoms with E-state index in [9.17, 15) is 5.11 Å². The van der Waals surface area contributed by atoms with Crippen LogP contribution in [0.4, 0.5) is 10.2 Å². The Labute approximate surface area is 225 Å². The summed E-state index contributed by atoms with van der Waals surface area (Å²) in [4.78, 5) is 14.2. The minimum atomic E-state index is -0.374. The molecule has 5 fully saturated rings. The van der Waals surface area contributed by atoms with E-state index in [0.29, 0.717) is 51.6 Å². The zero-order chi connectivity index (χ0) is 25.9. The van der Waals surface area contributed by atoms with E-state index in [1.54, 1.807) is 12.1 Å². The van der Waals surface area contributed by atoms with E-state index in [4.69, 9.17) is 21.6 Å². The molecule has 0 amide bonds. The Morgan fingerprint density at radius 1 is 1.13 bits per heavy atom. The molecule has 4 aromatic rings. The van der Waals surface area contributed by atoms with Gasteiger partial charge in [-0.2, -0.15) is 0 Å². The van der Waals surface area contributed by atoms with Crippen molar-refractivity contribution in [1.29, 1.82) is 0 Å². The van der Waals surface area contributed by atoms with Gasteiger partial charge in [-0.3, -0.25) is 0 Å². The number of likely N-dealkylation sites (N-methyl/N-ethyl adjacent to an activating group) is 1. The lowest BCUT2D eigenvalue weighted by atomic mass is 9.80. The molecule has 0 radical (unpaired) electrons. The van der Waals surface area contributed by atoms with Crippen molar-refractivity contribution < 1.29 is 9.50 Å². The smallest absolute Gasteiger partial charge is 0.157 e. The second kappa shape index (κ2) is 8.04. The SMILES string of the molecule is CN(C)C1CN(c2nc3c(F)c(-c4cc(O)cc(Cl)c4C4CC4)ccc3c3c2ncn3C2C3CNC2C3)C1. The minimum Gasteiger partial charge on any atom is -0.508 e. The summed E-state index contributed by atoms with van der Waals surface area (Å²) < 4.78 is 18.9. The maximum absolute atomic E-state index is 16.6. The van der Waals surface area contributed by atoms with E-state index in [0.717, 1.165) is 60.3 Å². The second-order valence-electron chi connectivity index (χ2n) is 11.8. The van der Waals surface area contributed by atoms with Crippen molar-refractivity contribution in [3.63, 3.8) is 0 Å². The summed E-state index contributed by atoms with van der Waals surface area (Å²) >= 11 is 6.57. The highest BCUT2D eigenvalue weighted by Crippen LogP contribution is 2.50.